The van der Waals surface area contributed by atoms with E-state index in [0.29, 0.717) is 11.8 Å². The van der Waals surface area contributed by atoms with Crippen molar-refractivity contribution < 1.29 is 9.47 Å². The summed E-state index contributed by atoms with van der Waals surface area (Å²) in [6, 6.07) is 5.90. The van der Waals surface area contributed by atoms with Crippen LogP contribution >= 0.6 is 0 Å². The Hall–Kier alpha value is -1.62. The zero-order valence-corrected chi connectivity index (χ0v) is 17.4. The minimum absolute atomic E-state index is 0.587. The summed E-state index contributed by atoms with van der Waals surface area (Å²) in [7, 11) is 0. The number of terminal acetylenes is 1. The van der Waals surface area contributed by atoms with E-state index in [2.05, 4.69) is 33.6 Å². The third kappa shape index (κ3) is 7.73. The summed E-state index contributed by atoms with van der Waals surface area (Å²) in [5, 5.41) is 0. The fourth-order valence-corrected chi connectivity index (χ4v) is 3.11. The van der Waals surface area contributed by atoms with Gasteiger partial charge in [0.1, 0.15) is 17.1 Å². The number of hydrogen-bond acceptors (Lipinski definition) is 2. The Kier molecular flexibility index (Phi) is 11.7. The zero-order valence-electron chi connectivity index (χ0n) is 17.4. The lowest BCUT2D eigenvalue weighted by molar-refractivity contribution is 0.222. The Balaban J connectivity index is 2.71. The van der Waals surface area contributed by atoms with Crippen LogP contribution < -0.4 is 9.47 Å². The van der Waals surface area contributed by atoms with Crippen molar-refractivity contribution in [2.75, 3.05) is 13.2 Å². The average Bonchev–Trinajstić information content (AvgIpc) is 2.68. The van der Waals surface area contributed by atoms with Crippen molar-refractivity contribution in [3.63, 3.8) is 0 Å². The molecule has 0 saturated heterocycles. The van der Waals surface area contributed by atoms with Crippen LogP contribution in [0, 0.1) is 24.2 Å². The van der Waals surface area contributed by atoms with Crippen molar-refractivity contribution in [3.8, 4) is 23.8 Å². The smallest absolute Gasteiger partial charge is 0.138 e. The first-order valence-electron chi connectivity index (χ1n) is 10.5. The summed E-state index contributed by atoms with van der Waals surface area (Å²) in [4.78, 5) is 0. The number of rotatable bonds is 14. The molecule has 1 aromatic carbocycles. The van der Waals surface area contributed by atoms with Crippen LogP contribution in [0.3, 0.4) is 0 Å². The monoisotopic (exact) mass is 358 g/mol. The molecule has 0 saturated carbocycles. The van der Waals surface area contributed by atoms with Gasteiger partial charge in [-0.25, -0.2) is 0 Å². The summed E-state index contributed by atoms with van der Waals surface area (Å²) in [5.41, 5.74) is 0.753. The molecule has 0 heterocycles. The van der Waals surface area contributed by atoms with Crippen LogP contribution in [0.5, 0.6) is 11.5 Å². The minimum atomic E-state index is 0.587. The van der Waals surface area contributed by atoms with Gasteiger partial charge in [0, 0.05) is 0 Å². The predicted molar refractivity (Wildman–Crippen MR) is 112 cm³/mol. The van der Waals surface area contributed by atoms with Gasteiger partial charge in [-0.2, -0.15) is 0 Å². The molecular formula is C24H38O2. The molecule has 0 N–H and O–H groups in total. The molecule has 1 rings (SSSR count). The quantitative estimate of drug-likeness (QED) is 0.338. The first kappa shape index (κ1) is 22.4. The van der Waals surface area contributed by atoms with Gasteiger partial charge < -0.3 is 9.47 Å². The van der Waals surface area contributed by atoms with Gasteiger partial charge in [-0.3, -0.25) is 0 Å². The van der Waals surface area contributed by atoms with Gasteiger partial charge in [-0.15, -0.1) is 6.42 Å². The molecule has 0 bridgehead atoms. The van der Waals surface area contributed by atoms with E-state index >= 15 is 0 Å². The highest BCUT2D eigenvalue weighted by Gasteiger charge is 2.14. The molecule has 0 fully saturated rings. The van der Waals surface area contributed by atoms with Crippen LogP contribution in [0.4, 0.5) is 0 Å². The second-order valence-corrected chi connectivity index (χ2v) is 7.23. The van der Waals surface area contributed by atoms with Crippen molar-refractivity contribution in [1.82, 2.24) is 0 Å². The summed E-state index contributed by atoms with van der Waals surface area (Å²) in [5.74, 6) is 5.52. The van der Waals surface area contributed by atoms with Gasteiger partial charge in [0.15, 0.2) is 0 Å². The second-order valence-electron chi connectivity index (χ2n) is 7.23. The normalized spacial score (nSPS) is 13.0. The third-order valence-electron chi connectivity index (χ3n) is 5.17. The van der Waals surface area contributed by atoms with Crippen molar-refractivity contribution in [2.45, 2.75) is 79.1 Å². The number of hydrogen-bond donors (Lipinski definition) is 0. The van der Waals surface area contributed by atoms with Crippen LogP contribution in [-0.2, 0) is 0 Å². The molecule has 26 heavy (non-hydrogen) atoms. The third-order valence-corrected chi connectivity index (χ3v) is 5.17. The molecule has 0 aliphatic carbocycles. The average molecular weight is 359 g/mol. The Labute approximate surface area is 161 Å². The highest BCUT2D eigenvalue weighted by Crippen LogP contribution is 2.29. The molecule has 0 spiro atoms. The summed E-state index contributed by atoms with van der Waals surface area (Å²) in [6.07, 6.45) is 15.4. The minimum Gasteiger partial charge on any atom is -0.492 e. The number of ether oxygens (including phenoxy) is 2. The van der Waals surface area contributed by atoms with E-state index < -0.39 is 0 Å². The maximum absolute atomic E-state index is 6.09. The fourth-order valence-electron chi connectivity index (χ4n) is 3.11. The summed E-state index contributed by atoms with van der Waals surface area (Å²) >= 11 is 0. The van der Waals surface area contributed by atoms with Gasteiger partial charge in [-0.05, 0) is 36.8 Å². The standard InChI is InChI=1S/C24H38O2/c1-6-11-14-20(8-3)18-25-23-16-13-17-24(22(23)10-5)26-19-21(9-4)15-12-7-2/h5,13,16-17,20-21H,6-9,11-12,14-15,18-19H2,1-4H3. The number of benzene rings is 1. The highest BCUT2D eigenvalue weighted by atomic mass is 16.5. The maximum atomic E-state index is 6.09. The highest BCUT2D eigenvalue weighted by molar-refractivity contribution is 5.54. The lowest BCUT2D eigenvalue weighted by atomic mass is 10.0. The summed E-state index contributed by atoms with van der Waals surface area (Å²) < 4.78 is 12.2. The van der Waals surface area contributed by atoms with Gasteiger partial charge >= 0.3 is 0 Å². The van der Waals surface area contributed by atoms with Crippen molar-refractivity contribution in [3.05, 3.63) is 23.8 Å². The molecule has 0 radical (unpaired) electrons. The van der Waals surface area contributed by atoms with Crippen LogP contribution in [0.15, 0.2) is 18.2 Å². The molecule has 0 aliphatic heterocycles. The SMILES string of the molecule is C#Cc1c(OCC(CC)CCCC)cccc1OCC(CC)CCCC. The van der Waals surface area contributed by atoms with E-state index in [1.54, 1.807) is 0 Å². The molecule has 2 nitrogen and oxygen atoms in total. The topological polar surface area (TPSA) is 18.5 Å². The summed E-state index contributed by atoms with van der Waals surface area (Å²) in [6.45, 7) is 10.4. The van der Waals surface area contributed by atoms with Gasteiger partial charge in [0.05, 0.1) is 13.2 Å². The van der Waals surface area contributed by atoms with Crippen LogP contribution in [0.25, 0.3) is 0 Å². The molecule has 0 amide bonds. The maximum Gasteiger partial charge on any atom is 0.138 e. The van der Waals surface area contributed by atoms with E-state index in [4.69, 9.17) is 15.9 Å². The van der Waals surface area contributed by atoms with Gasteiger partial charge in [0.2, 0.25) is 0 Å². The van der Waals surface area contributed by atoms with Crippen molar-refractivity contribution in [2.24, 2.45) is 11.8 Å². The van der Waals surface area contributed by atoms with Crippen LogP contribution in [0.1, 0.15) is 84.6 Å². The second kappa shape index (κ2) is 13.6. The molecule has 2 heteroatoms. The molecule has 0 aromatic heterocycles. The first-order chi connectivity index (χ1) is 12.7. The Morgan fingerprint density at radius 2 is 1.31 bits per heavy atom. The lowest BCUT2D eigenvalue weighted by Crippen LogP contribution is -2.13. The molecule has 146 valence electrons. The number of unbranched alkanes of at least 4 members (excludes halogenated alkanes) is 2. The van der Waals surface area contributed by atoms with Gasteiger partial charge in [-0.1, -0.05) is 78.2 Å². The van der Waals surface area contributed by atoms with Crippen LogP contribution in [0.2, 0.25) is 0 Å². The Morgan fingerprint density at radius 3 is 1.65 bits per heavy atom. The molecule has 2 unspecified atom stereocenters. The zero-order chi connectivity index (χ0) is 19.2. The van der Waals surface area contributed by atoms with E-state index in [1.165, 1.54) is 38.5 Å². The van der Waals surface area contributed by atoms with E-state index in [0.717, 1.165) is 43.1 Å². The van der Waals surface area contributed by atoms with Crippen LogP contribution in [-0.4, -0.2) is 13.2 Å². The fraction of sp³-hybridized carbons (Fsp3) is 0.667. The lowest BCUT2D eigenvalue weighted by Gasteiger charge is -2.19. The Bertz CT molecular complexity index is 491. The molecular weight excluding hydrogens is 320 g/mol. The predicted octanol–water partition coefficient (Wildman–Crippen LogP) is 6.86. The van der Waals surface area contributed by atoms with Gasteiger partial charge in [0.25, 0.3) is 0 Å². The molecule has 1 aromatic rings. The van der Waals surface area contributed by atoms with E-state index in [1.807, 2.05) is 18.2 Å². The first-order valence-corrected chi connectivity index (χ1v) is 10.5. The molecule has 0 aliphatic rings. The van der Waals surface area contributed by atoms with E-state index in [9.17, 15) is 0 Å². The van der Waals surface area contributed by atoms with Crippen molar-refractivity contribution in [1.29, 1.82) is 0 Å². The van der Waals surface area contributed by atoms with Crippen molar-refractivity contribution >= 4 is 0 Å². The molecule has 2 atom stereocenters. The van der Waals surface area contributed by atoms with E-state index in [-0.39, 0.29) is 0 Å². The largest absolute Gasteiger partial charge is 0.492 e. The Morgan fingerprint density at radius 1 is 0.846 bits per heavy atom.